The normalized spacial score (nSPS) is 30.9. The van der Waals surface area contributed by atoms with Crippen molar-refractivity contribution in [2.24, 2.45) is 11.8 Å². The van der Waals surface area contributed by atoms with E-state index < -0.39 is 99.8 Å². The lowest BCUT2D eigenvalue weighted by molar-refractivity contribution is -0.159. The van der Waals surface area contributed by atoms with E-state index in [0.29, 0.717) is 0 Å². The monoisotopic (exact) mass is 575 g/mol. The molecule has 0 bridgehead atoms. The van der Waals surface area contributed by atoms with E-state index in [9.17, 15) is 54.9 Å². The maximum absolute atomic E-state index is 14.0. The zero-order chi connectivity index (χ0) is 30.8. The van der Waals surface area contributed by atoms with E-state index in [-0.39, 0.29) is 17.5 Å². The van der Waals surface area contributed by atoms with Crippen molar-refractivity contribution in [1.29, 1.82) is 0 Å². The van der Waals surface area contributed by atoms with E-state index in [1.165, 1.54) is 51.0 Å². The molecule has 7 atom stereocenters. The van der Waals surface area contributed by atoms with Crippen molar-refractivity contribution in [2.45, 2.75) is 49.7 Å². The number of hydrogen-bond acceptors (Lipinski definition) is 12. The molecule has 3 aliphatic rings. The first-order valence-corrected chi connectivity index (χ1v) is 12.8. The molecule has 0 radical (unpaired) electrons. The highest BCUT2D eigenvalue weighted by Gasteiger charge is 2.66. The van der Waals surface area contributed by atoms with Crippen LogP contribution in [0.2, 0.25) is 0 Å². The van der Waals surface area contributed by atoms with E-state index in [1.807, 2.05) is 0 Å². The molecule has 0 spiro atoms. The number of aliphatic hydroxyl groups is 5. The Morgan fingerprint density at radius 3 is 2.34 bits per heavy atom. The first-order valence-electron chi connectivity index (χ1n) is 12.8. The third kappa shape index (κ3) is 4.38. The van der Waals surface area contributed by atoms with Gasteiger partial charge in [-0.3, -0.25) is 29.4 Å². The van der Waals surface area contributed by atoms with Crippen molar-refractivity contribution < 1.29 is 54.9 Å². The Morgan fingerprint density at radius 1 is 1.15 bits per heavy atom. The fraction of sp³-hybridized carbons (Fsp3) is 0.481. The fourth-order valence-electron chi connectivity index (χ4n) is 6.28. The molecule has 3 aliphatic carbocycles. The molecule has 1 aromatic rings. The molecule has 4 rings (SSSR count). The van der Waals surface area contributed by atoms with E-state index in [0.717, 1.165) is 0 Å². The number of fused-ring (bicyclic) bond motifs is 3. The number of nitrogens with one attached hydrogen (secondary N) is 2. The second kappa shape index (κ2) is 10.2. The minimum atomic E-state index is -2.88. The number of ketones is 2. The number of hydrogen-bond donors (Lipinski definition) is 9. The Kier molecular flexibility index (Phi) is 7.52. The zero-order valence-electron chi connectivity index (χ0n) is 22.7. The summed E-state index contributed by atoms with van der Waals surface area (Å²) in [5.74, 6) is -9.81. The van der Waals surface area contributed by atoms with Crippen molar-refractivity contribution in [1.82, 2.24) is 15.5 Å². The Morgan fingerprint density at radius 2 is 1.78 bits per heavy atom. The highest BCUT2D eigenvalue weighted by atomic mass is 16.4. The van der Waals surface area contributed by atoms with E-state index >= 15 is 0 Å². The van der Waals surface area contributed by atoms with Crippen LogP contribution in [0.5, 0.6) is 5.75 Å². The number of phenols is 1. The van der Waals surface area contributed by atoms with Gasteiger partial charge in [-0.15, -0.1) is 0 Å². The van der Waals surface area contributed by atoms with Gasteiger partial charge in [0.05, 0.1) is 30.0 Å². The molecule has 0 aliphatic heterocycles. The van der Waals surface area contributed by atoms with Crippen LogP contribution >= 0.6 is 0 Å². The number of carboxylic acids is 1. The summed E-state index contributed by atoms with van der Waals surface area (Å²) in [5.41, 5.74) is -6.28. The van der Waals surface area contributed by atoms with Gasteiger partial charge in [0.15, 0.2) is 11.4 Å². The van der Waals surface area contributed by atoms with Crippen molar-refractivity contribution in [2.75, 3.05) is 20.8 Å². The number of aromatic hydroxyl groups is 1. The summed E-state index contributed by atoms with van der Waals surface area (Å²) in [6.07, 6.45) is -1.63. The number of aliphatic carboxylic acids is 1. The number of likely N-dealkylation sites (N-methyl/N-ethyl adjacent to an activating group) is 1. The van der Waals surface area contributed by atoms with Crippen LogP contribution in [0.1, 0.15) is 31.4 Å². The molecule has 14 heteroatoms. The average molecular weight is 576 g/mol. The predicted molar refractivity (Wildman–Crippen MR) is 140 cm³/mol. The molecule has 0 aromatic heterocycles. The Labute approximate surface area is 234 Å². The number of amides is 1. The SMILES string of the molecule is C[C@H](O)[C@@H](NCNC(=O)C1=C(O)[C@@]2(O)C(=O)C3=C(O)c4c(O)cccc4[C@@](C)(O)[C@@H]3C[C@H]2[C@@H](N(C)C)C1=O)C(=O)O. The molecular weight excluding hydrogens is 542 g/mol. The Hall–Kier alpha value is -3.82. The van der Waals surface area contributed by atoms with Crippen LogP contribution in [-0.2, 0) is 24.8 Å². The Balaban J connectivity index is 1.82. The van der Waals surface area contributed by atoms with Crippen LogP contribution in [0.15, 0.2) is 35.1 Å². The predicted octanol–water partition coefficient (Wildman–Crippen LogP) is -1.36. The highest BCUT2D eigenvalue weighted by molar-refractivity contribution is 6.25. The summed E-state index contributed by atoms with van der Waals surface area (Å²) in [7, 11) is 2.92. The van der Waals surface area contributed by atoms with Crippen LogP contribution in [-0.4, -0.2) is 109 Å². The second-order valence-corrected chi connectivity index (χ2v) is 11.0. The van der Waals surface area contributed by atoms with Crippen molar-refractivity contribution in [3.63, 3.8) is 0 Å². The molecule has 14 nitrogen and oxygen atoms in total. The molecule has 9 N–H and O–H groups in total. The number of carboxylic acid groups (broad SMARTS) is 1. The van der Waals surface area contributed by atoms with Gasteiger partial charge in [-0.25, -0.2) is 0 Å². The summed E-state index contributed by atoms with van der Waals surface area (Å²) >= 11 is 0. The van der Waals surface area contributed by atoms with Gasteiger partial charge in [0, 0.05) is 17.4 Å². The first kappa shape index (κ1) is 30.1. The summed E-state index contributed by atoms with van der Waals surface area (Å²) in [5, 5.41) is 79.6. The molecule has 222 valence electrons. The molecule has 0 unspecified atom stereocenters. The van der Waals surface area contributed by atoms with E-state index in [2.05, 4.69) is 10.6 Å². The van der Waals surface area contributed by atoms with Gasteiger partial charge in [0.2, 0.25) is 5.78 Å². The van der Waals surface area contributed by atoms with Gasteiger partial charge in [-0.05, 0) is 46.0 Å². The number of nitrogens with zero attached hydrogens (tertiary/aromatic N) is 1. The molecule has 1 aromatic carbocycles. The Bertz CT molecular complexity index is 1400. The maximum atomic E-state index is 14.0. The number of rotatable bonds is 7. The minimum Gasteiger partial charge on any atom is -0.508 e. The van der Waals surface area contributed by atoms with Crippen LogP contribution in [0.3, 0.4) is 0 Å². The summed E-state index contributed by atoms with van der Waals surface area (Å²) in [6.45, 7) is 2.01. The van der Waals surface area contributed by atoms with E-state index in [1.54, 1.807) is 0 Å². The molecule has 41 heavy (non-hydrogen) atoms. The third-order valence-electron chi connectivity index (χ3n) is 8.32. The van der Waals surface area contributed by atoms with Crippen LogP contribution in [0.25, 0.3) is 5.76 Å². The molecule has 1 fully saturated rings. The number of aliphatic hydroxyl groups excluding tert-OH is 3. The average Bonchev–Trinajstić information content (AvgIpc) is 2.86. The maximum Gasteiger partial charge on any atom is 0.323 e. The lowest BCUT2D eigenvalue weighted by Gasteiger charge is -2.53. The van der Waals surface area contributed by atoms with Gasteiger partial charge in [-0.2, -0.15) is 0 Å². The van der Waals surface area contributed by atoms with Gasteiger partial charge >= 0.3 is 5.97 Å². The quantitative estimate of drug-likeness (QED) is 0.135. The summed E-state index contributed by atoms with van der Waals surface area (Å²) in [4.78, 5) is 53.4. The van der Waals surface area contributed by atoms with Crippen LogP contribution in [0, 0.1) is 11.8 Å². The summed E-state index contributed by atoms with van der Waals surface area (Å²) < 4.78 is 0. The summed E-state index contributed by atoms with van der Waals surface area (Å²) in [6, 6.07) is 1.32. The fourth-order valence-corrected chi connectivity index (χ4v) is 6.28. The topological polar surface area (TPSA) is 237 Å². The first-order chi connectivity index (χ1) is 19.0. The van der Waals surface area contributed by atoms with Gasteiger partial charge in [0.1, 0.15) is 28.9 Å². The third-order valence-corrected chi connectivity index (χ3v) is 8.32. The largest absolute Gasteiger partial charge is 0.508 e. The molecule has 0 saturated heterocycles. The lowest BCUT2D eigenvalue weighted by atomic mass is 9.54. The standard InChI is InChI=1S/C27H33N3O11/c1-10(31)18(25(38)39)28-9-29-24(37)17-21(34)19(30(3)4)13-8-12-16(22(35)27(13,41)23(17)36)20(33)15-11(26(12,2)40)6-5-7-14(15)32/h5-7,10,12-13,18-19,28,31-33,36,40-41H,8-9H2,1-4H3,(H,29,37)(H,38,39)/t10-,12+,13-,18+,19+,26+,27-/m0/s1. The zero-order valence-corrected chi connectivity index (χ0v) is 22.7. The minimum absolute atomic E-state index is 0.120. The smallest absolute Gasteiger partial charge is 0.323 e. The number of carbonyl (C=O) groups excluding carboxylic acids is 3. The van der Waals surface area contributed by atoms with Crippen molar-refractivity contribution >= 4 is 29.2 Å². The van der Waals surface area contributed by atoms with Crippen molar-refractivity contribution in [3.8, 4) is 5.75 Å². The van der Waals surface area contributed by atoms with Crippen molar-refractivity contribution in [3.05, 3.63) is 46.2 Å². The number of benzene rings is 1. The van der Waals surface area contributed by atoms with Crippen LogP contribution in [0.4, 0.5) is 0 Å². The van der Waals surface area contributed by atoms with Gasteiger partial charge in [-0.1, -0.05) is 12.1 Å². The lowest BCUT2D eigenvalue weighted by Crippen LogP contribution is -2.67. The van der Waals surface area contributed by atoms with Crippen LogP contribution < -0.4 is 10.6 Å². The van der Waals surface area contributed by atoms with Gasteiger partial charge in [0.25, 0.3) is 5.91 Å². The number of phenolic OH excluding ortho intramolecular Hbond substituents is 1. The van der Waals surface area contributed by atoms with E-state index in [4.69, 9.17) is 0 Å². The number of carbonyl (C=O) groups is 4. The number of Topliss-reactive ketones (excluding diaryl/α,β-unsaturated/α-hetero) is 2. The molecule has 1 saturated carbocycles. The van der Waals surface area contributed by atoms with Gasteiger partial charge < -0.3 is 41.1 Å². The molecular formula is C27H33N3O11. The highest BCUT2D eigenvalue weighted by Crippen LogP contribution is 2.57. The molecule has 1 amide bonds. The second-order valence-electron chi connectivity index (χ2n) is 11.0. The molecule has 0 heterocycles.